The standard InChI is InChI=1S/C14H23N3/c1-4-6-7-8-9-13-16-12(5-2)14(17-13)11(3)10-15/h11H,4-9H2,1-3H3,(H,16,17). The highest BCUT2D eigenvalue weighted by Crippen LogP contribution is 2.18. The van der Waals surface area contributed by atoms with Crippen LogP contribution in [0.3, 0.4) is 0 Å². The molecular formula is C14H23N3. The van der Waals surface area contributed by atoms with Crippen molar-refractivity contribution in [2.45, 2.75) is 65.2 Å². The van der Waals surface area contributed by atoms with Crippen molar-refractivity contribution in [1.82, 2.24) is 9.97 Å². The predicted octanol–water partition coefficient (Wildman–Crippen LogP) is 3.72. The number of nitrogens with one attached hydrogen (secondary N) is 1. The third-order valence-corrected chi connectivity index (χ3v) is 3.08. The first-order valence-electron chi connectivity index (χ1n) is 6.70. The predicted molar refractivity (Wildman–Crippen MR) is 69.8 cm³/mol. The van der Waals surface area contributed by atoms with Crippen molar-refractivity contribution in [3.63, 3.8) is 0 Å². The lowest BCUT2D eigenvalue weighted by atomic mass is 10.1. The molecule has 1 N–H and O–H groups in total. The Labute approximate surface area is 104 Å². The van der Waals surface area contributed by atoms with Crippen molar-refractivity contribution in [2.75, 3.05) is 0 Å². The molecule has 17 heavy (non-hydrogen) atoms. The molecule has 0 radical (unpaired) electrons. The maximum atomic E-state index is 8.96. The first-order valence-corrected chi connectivity index (χ1v) is 6.70. The average Bonchev–Trinajstić information content (AvgIpc) is 2.77. The number of imidazole rings is 1. The summed E-state index contributed by atoms with van der Waals surface area (Å²) in [5.41, 5.74) is 2.07. The molecule has 0 aliphatic rings. The lowest BCUT2D eigenvalue weighted by molar-refractivity contribution is 0.654. The molecule has 1 atom stereocenters. The van der Waals surface area contributed by atoms with Gasteiger partial charge in [-0.05, 0) is 19.8 Å². The maximum absolute atomic E-state index is 8.96. The Kier molecular flexibility index (Phi) is 5.76. The van der Waals surface area contributed by atoms with Gasteiger partial charge in [0.1, 0.15) is 5.82 Å². The molecule has 0 saturated heterocycles. The van der Waals surface area contributed by atoms with Crippen LogP contribution in [0.5, 0.6) is 0 Å². The topological polar surface area (TPSA) is 52.5 Å². The molecule has 0 aliphatic carbocycles. The van der Waals surface area contributed by atoms with Crippen molar-refractivity contribution in [3.8, 4) is 6.07 Å². The summed E-state index contributed by atoms with van der Waals surface area (Å²) in [7, 11) is 0. The number of rotatable bonds is 7. The quantitative estimate of drug-likeness (QED) is 0.730. The Morgan fingerprint density at radius 1 is 1.29 bits per heavy atom. The molecule has 0 aliphatic heterocycles. The summed E-state index contributed by atoms with van der Waals surface area (Å²) < 4.78 is 0. The minimum atomic E-state index is -0.106. The highest BCUT2D eigenvalue weighted by Gasteiger charge is 2.14. The summed E-state index contributed by atoms with van der Waals surface area (Å²) in [4.78, 5) is 7.93. The van der Waals surface area contributed by atoms with Gasteiger partial charge in [0.2, 0.25) is 0 Å². The van der Waals surface area contributed by atoms with Gasteiger partial charge in [0, 0.05) is 12.1 Å². The molecule has 0 fully saturated rings. The number of aromatic amines is 1. The molecule has 3 nitrogen and oxygen atoms in total. The van der Waals surface area contributed by atoms with Gasteiger partial charge in [0.05, 0.1) is 17.7 Å². The second kappa shape index (κ2) is 7.11. The number of unbranched alkanes of at least 4 members (excludes halogenated alkanes) is 3. The van der Waals surface area contributed by atoms with Crippen LogP contribution in [0, 0.1) is 11.3 Å². The Hall–Kier alpha value is -1.30. The van der Waals surface area contributed by atoms with Crippen LogP contribution in [0.2, 0.25) is 0 Å². The summed E-state index contributed by atoms with van der Waals surface area (Å²) in [6, 6.07) is 2.26. The Morgan fingerprint density at radius 2 is 2.06 bits per heavy atom. The van der Waals surface area contributed by atoms with Gasteiger partial charge in [0.25, 0.3) is 0 Å². The van der Waals surface area contributed by atoms with Gasteiger partial charge in [-0.1, -0.05) is 33.1 Å². The molecule has 3 heteroatoms. The molecule has 0 saturated carbocycles. The van der Waals surface area contributed by atoms with Crippen LogP contribution < -0.4 is 0 Å². The molecule has 1 aromatic heterocycles. The fourth-order valence-electron chi connectivity index (χ4n) is 2.01. The highest BCUT2D eigenvalue weighted by atomic mass is 14.9. The molecule has 1 aromatic rings. The van der Waals surface area contributed by atoms with Crippen molar-refractivity contribution in [1.29, 1.82) is 5.26 Å². The first kappa shape index (κ1) is 13.8. The number of hydrogen-bond donors (Lipinski definition) is 1. The Balaban J connectivity index is 2.62. The number of hydrogen-bond acceptors (Lipinski definition) is 2. The molecule has 0 bridgehead atoms. The molecule has 94 valence electrons. The van der Waals surface area contributed by atoms with Gasteiger partial charge >= 0.3 is 0 Å². The summed E-state index contributed by atoms with van der Waals surface area (Å²) >= 11 is 0. The van der Waals surface area contributed by atoms with E-state index in [-0.39, 0.29) is 5.92 Å². The zero-order valence-corrected chi connectivity index (χ0v) is 11.2. The number of aryl methyl sites for hydroxylation is 2. The van der Waals surface area contributed by atoms with Gasteiger partial charge in [0.15, 0.2) is 0 Å². The number of aromatic nitrogens is 2. The van der Waals surface area contributed by atoms with Crippen molar-refractivity contribution in [3.05, 3.63) is 17.2 Å². The van der Waals surface area contributed by atoms with Crippen molar-refractivity contribution < 1.29 is 0 Å². The fraction of sp³-hybridized carbons (Fsp3) is 0.714. The summed E-state index contributed by atoms with van der Waals surface area (Å²) in [5.74, 6) is 0.945. The van der Waals surface area contributed by atoms with Crippen LogP contribution in [0.1, 0.15) is 69.6 Å². The molecule has 0 amide bonds. The monoisotopic (exact) mass is 233 g/mol. The lowest BCUT2D eigenvalue weighted by Crippen LogP contribution is -1.95. The van der Waals surface area contributed by atoms with Gasteiger partial charge in [-0.2, -0.15) is 5.26 Å². The molecule has 1 heterocycles. The second-order valence-corrected chi connectivity index (χ2v) is 4.56. The average molecular weight is 233 g/mol. The summed E-state index contributed by atoms with van der Waals surface area (Å²) in [5, 5.41) is 8.96. The molecule has 0 spiro atoms. The normalized spacial score (nSPS) is 12.4. The molecule has 1 rings (SSSR count). The number of nitriles is 1. The molecule has 0 aromatic carbocycles. The van der Waals surface area contributed by atoms with E-state index in [9.17, 15) is 0 Å². The van der Waals surface area contributed by atoms with Gasteiger partial charge in [-0.15, -0.1) is 0 Å². The third kappa shape index (κ3) is 3.89. The van der Waals surface area contributed by atoms with Crippen LogP contribution in [0.15, 0.2) is 0 Å². The largest absolute Gasteiger partial charge is 0.346 e. The van der Waals surface area contributed by atoms with Crippen LogP contribution >= 0.6 is 0 Å². The SMILES string of the molecule is CCCCCCc1nc(C(C)C#N)c(CC)[nH]1. The van der Waals surface area contributed by atoms with Crippen LogP contribution in [-0.4, -0.2) is 9.97 Å². The summed E-state index contributed by atoms with van der Waals surface area (Å²) in [6.07, 6.45) is 6.93. The first-order chi connectivity index (χ1) is 8.22. The van der Waals surface area contributed by atoms with Crippen LogP contribution in [0.4, 0.5) is 0 Å². The second-order valence-electron chi connectivity index (χ2n) is 4.56. The minimum absolute atomic E-state index is 0.106. The summed E-state index contributed by atoms with van der Waals surface area (Å²) in [6.45, 7) is 6.23. The third-order valence-electron chi connectivity index (χ3n) is 3.08. The number of H-pyrrole nitrogens is 1. The molecule has 1 unspecified atom stereocenters. The highest BCUT2D eigenvalue weighted by molar-refractivity contribution is 5.23. The van der Waals surface area contributed by atoms with Crippen LogP contribution in [0.25, 0.3) is 0 Å². The van der Waals surface area contributed by atoms with Gasteiger partial charge in [-0.25, -0.2) is 4.98 Å². The van der Waals surface area contributed by atoms with Gasteiger partial charge < -0.3 is 4.98 Å². The number of nitrogens with zero attached hydrogens (tertiary/aromatic N) is 2. The molecular weight excluding hydrogens is 210 g/mol. The van der Waals surface area contributed by atoms with E-state index in [4.69, 9.17) is 5.26 Å². The lowest BCUT2D eigenvalue weighted by Gasteiger charge is -1.99. The van der Waals surface area contributed by atoms with E-state index in [1.165, 1.54) is 25.7 Å². The minimum Gasteiger partial charge on any atom is -0.346 e. The van der Waals surface area contributed by atoms with Crippen molar-refractivity contribution >= 4 is 0 Å². The van der Waals surface area contributed by atoms with E-state index in [2.05, 4.69) is 29.9 Å². The van der Waals surface area contributed by atoms with Crippen LogP contribution in [-0.2, 0) is 12.8 Å². The fourth-order valence-corrected chi connectivity index (χ4v) is 2.01. The van der Waals surface area contributed by atoms with E-state index >= 15 is 0 Å². The Bertz CT molecular complexity index is 373. The Morgan fingerprint density at radius 3 is 2.65 bits per heavy atom. The van der Waals surface area contributed by atoms with E-state index in [1.807, 2.05) is 6.92 Å². The zero-order chi connectivity index (χ0) is 12.7. The maximum Gasteiger partial charge on any atom is 0.106 e. The van der Waals surface area contributed by atoms with E-state index < -0.39 is 0 Å². The smallest absolute Gasteiger partial charge is 0.106 e. The van der Waals surface area contributed by atoms with E-state index in [1.54, 1.807) is 0 Å². The van der Waals surface area contributed by atoms with Crippen molar-refractivity contribution in [2.24, 2.45) is 0 Å². The van der Waals surface area contributed by atoms with Gasteiger partial charge in [-0.3, -0.25) is 0 Å². The van der Waals surface area contributed by atoms with E-state index in [0.29, 0.717) is 0 Å². The zero-order valence-electron chi connectivity index (χ0n) is 11.2. The van der Waals surface area contributed by atoms with E-state index in [0.717, 1.165) is 30.1 Å².